The summed E-state index contributed by atoms with van der Waals surface area (Å²) < 4.78 is 5.28. The van der Waals surface area contributed by atoms with Gasteiger partial charge in [-0.1, -0.05) is 6.42 Å². The Morgan fingerprint density at radius 3 is 2.62 bits per heavy atom. The van der Waals surface area contributed by atoms with E-state index in [4.69, 9.17) is 9.73 Å². The van der Waals surface area contributed by atoms with Gasteiger partial charge in [-0.25, -0.2) is 0 Å². The van der Waals surface area contributed by atoms with Gasteiger partial charge in [0.15, 0.2) is 5.96 Å². The number of hydrogen-bond acceptors (Lipinski definition) is 4. The van der Waals surface area contributed by atoms with Crippen molar-refractivity contribution in [1.29, 1.82) is 0 Å². The SMILES string of the molecule is CCNC(=NCC1(CCOC)CCC1)NCCCN1CCCC1C(=O)N(C)C.I. The molecule has 1 atom stereocenters. The lowest BCUT2D eigenvalue weighted by Crippen LogP contribution is -2.44. The molecule has 29 heavy (non-hydrogen) atoms. The number of amides is 1. The van der Waals surface area contributed by atoms with Gasteiger partial charge in [0.1, 0.15) is 0 Å². The Hall–Kier alpha value is -0.610. The summed E-state index contributed by atoms with van der Waals surface area (Å²) in [6, 6.07) is 0.0659. The first kappa shape index (κ1) is 26.4. The molecule has 2 N–H and O–H groups in total. The largest absolute Gasteiger partial charge is 0.385 e. The summed E-state index contributed by atoms with van der Waals surface area (Å²) in [7, 11) is 5.47. The van der Waals surface area contributed by atoms with Crippen LogP contribution in [0.3, 0.4) is 0 Å². The fraction of sp³-hybridized carbons (Fsp3) is 0.905. The van der Waals surface area contributed by atoms with E-state index in [2.05, 4.69) is 22.5 Å². The maximum absolute atomic E-state index is 12.3. The van der Waals surface area contributed by atoms with E-state index in [9.17, 15) is 4.79 Å². The molecule has 1 amide bonds. The van der Waals surface area contributed by atoms with E-state index in [0.717, 1.165) is 71.0 Å². The van der Waals surface area contributed by atoms with Gasteiger partial charge in [-0.3, -0.25) is 14.7 Å². The fourth-order valence-corrected chi connectivity index (χ4v) is 4.23. The van der Waals surface area contributed by atoms with Crippen molar-refractivity contribution in [2.45, 2.75) is 57.9 Å². The summed E-state index contributed by atoms with van der Waals surface area (Å²) in [5.74, 6) is 1.15. The summed E-state index contributed by atoms with van der Waals surface area (Å²) in [6.45, 7) is 7.51. The number of likely N-dealkylation sites (tertiary alicyclic amines) is 1. The van der Waals surface area contributed by atoms with Crippen molar-refractivity contribution in [3.05, 3.63) is 0 Å². The highest BCUT2D eigenvalue weighted by Crippen LogP contribution is 2.44. The smallest absolute Gasteiger partial charge is 0.239 e. The fourth-order valence-electron chi connectivity index (χ4n) is 4.23. The number of aliphatic imine (C=N–C) groups is 1. The van der Waals surface area contributed by atoms with Gasteiger partial charge in [0.25, 0.3) is 0 Å². The number of ether oxygens (including phenoxy) is 1. The highest BCUT2D eigenvalue weighted by atomic mass is 127. The standard InChI is InChI=1S/C21H41N5O2.HI/c1-5-22-20(24-17-21(10-7-11-21)12-16-28-4)23-13-8-15-26-14-6-9-18(26)19(27)25(2)3;/h18H,5-17H2,1-4H3,(H2,22,23,24);1H. The zero-order chi connectivity index (χ0) is 20.4. The van der Waals surface area contributed by atoms with Gasteiger partial charge in [0.2, 0.25) is 5.91 Å². The Morgan fingerprint density at radius 2 is 2.03 bits per heavy atom. The third-order valence-corrected chi connectivity index (χ3v) is 6.17. The Labute approximate surface area is 194 Å². The maximum Gasteiger partial charge on any atom is 0.239 e. The van der Waals surface area contributed by atoms with Crippen LogP contribution < -0.4 is 10.6 Å². The Morgan fingerprint density at radius 1 is 1.28 bits per heavy atom. The number of likely N-dealkylation sites (N-methyl/N-ethyl adjacent to an activating group) is 1. The second-order valence-electron chi connectivity index (χ2n) is 8.50. The molecule has 0 radical (unpaired) electrons. The Balaban J connectivity index is 0.00000420. The average Bonchev–Trinajstić information content (AvgIpc) is 3.11. The third-order valence-electron chi connectivity index (χ3n) is 6.17. The molecule has 0 spiro atoms. The minimum Gasteiger partial charge on any atom is -0.385 e. The van der Waals surface area contributed by atoms with E-state index >= 15 is 0 Å². The third kappa shape index (κ3) is 8.20. The number of guanidine groups is 1. The van der Waals surface area contributed by atoms with Crippen LogP contribution in [-0.2, 0) is 9.53 Å². The normalized spacial score (nSPS) is 21.2. The van der Waals surface area contributed by atoms with Gasteiger partial charge in [-0.15, -0.1) is 24.0 Å². The molecule has 2 rings (SSSR count). The molecule has 0 bridgehead atoms. The highest BCUT2D eigenvalue weighted by Gasteiger charge is 2.36. The Bertz CT molecular complexity index is 511. The monoisotopic (exact) mass is 523 g/mol. The summed E-state index contributed by atoms with van der Waals surface area (Å²) >= 11 is 0. The maximum atomic E-state index is 12.3. The van der Waals surface area contributed by atoms with Gasteiger partial charge in [-0.2, -0.15) is 0 Å². The number of nitrogens with zero attached hydrogens (tertiary/aromatic N) is 3. The highest BCUT2D eigenvalue weighted by molar-refractivity contribution is 14.0. The molecule has 1 aliphatic heterocycles. The van der Waals surface area contributed by atoms with Crippen molar-refractivity contribution >= 4 is 35.8 Å². The van der Waals surface area contributed by atoms with Crippen molar-refractivity contribution in [1.82, 2.24) is 20.4 Å². The molecule has 2 fully saturated rings. The first-order valence-corrected chi connectivity index (χ1v) is 11.0. The summed E-state index contributed by atoms with van der Waals surface area (Å²) in [6.07, 6.45) is 8.04. The lowest BCUT2D eigenvalue weighted by atomic mass is 9.67. The number of halogens is 1. The molecule has 1 unspecified atom stereocenters. The molecule has 170 valence electrons. The van der Waals surface area contributed by atoms with Crippen LogP contribution in [-0.4, -0.2) is 88.2 Å². The van der Waals surface area contributed by atoms with Crippen LogP contribution in [0.25, 0.3) is 0 Å². The molecule has 8 heteroatoms. The summed E-state index contributed by atoms with van der Waals surface area (Å²) in [5.41, 5.74) is 0.341. The van der Waals surface area contributed by atoms with E-state index in [1.165, 1.54) is 19.3 Å². The number of carbonyl (C=O) groups excluding carboxylic acids is 1. The van der Waals surface area contributed by atoms with Gasteiger partial charge >= 0.3 is 0 Å². The van der Waals surface area contributed by atoms with Crippen molar-refractivity contribution in [3.8, 4) is 0 Å². The van der Waals surface area contributed by atoms with E-state index in [-0.39, 0.29) is 35.9 Å². The predicted molar refractivity (Wildman–Crippen MR) is 130 cm³/mol. The van der Waals surface area contributed by atoms with Crippen LogP contribution in [0.15, 0.2) is 4.99 Å². The molecule has 0 aromatic heterocycles. The molecular weight excluding hydrogens is 481 g/mol. The van der Waals surface area contributed by atoms with Gasteiger partial charge in [0.05, 0.1) is 6.04 Å². The first-order chi connectivity index (χ1) is 13.5. The van der Waals surface area contributed by atoms with Crippen molar-refractivity contribution in [2.24, 2.45) is 10.4 Å². The zero-order valence-corrected chi connectivity index (χ0v) is 21.2. The lowest BCUT2D eigenvalue weighted by molar-refractivity contribution is -0.133. The quantitative estimate of drug-likeness (QED) is 0.188. The predicted octanol–water partition coefficient (Wildman–Crippen LogP) is 2.31. The van der Waals surface area contributed by atoms with E-state index < -0.39 is 0 Å². The van der Waals surface area contributed by atoms with Crippen molar-refractivity contribution in [3.63, 3.8) is 0 Å². The van der Waals surface area contributed by atoms with Crippen LogP contribution in [0.4, 0.5) is 0 Å². The topological polar surface area (TPSA) is 69.2 Å². The van der Waals surface area contributed by atoms with Crippen molar-refractivity contribution in [2.75, 3.05) is 60.5 Å². The van der Waals surface area contributed by atoms with Crippen LogP contribution in [0.5, 0.6) is 0 Å². The van der Waals surface area contributed by atoms with Crippen LogP contribution in [0.2, 0.25) is 0 Å². The molecular formula is C21H42IN5O2. The van der Waals surface area contributed by atoms with Crippen LogP contribution in [0, 0.1) is 5.41 Å². The van der Waals surface area contributed by atoms with Crippen LogP contribution in [0.1, 0.15) is 51.9 Å². The van der Waals surface area contributed by atoms with E-state index in [1.807, 2.05) is 14.1 Å². The van der Waals surface area contributed by atoms with E-state index in [0.29, 0.717) is 5.41 Å². The van der Waals surface area contributed by atoms with Gasteiger partial charge in [0, 0.05) is 54.0 Å². The van der Waals surface area contributed by atoms with Gasteiger partial charge < -0.3 is 20.3 Å². The summed E-state index contributed by atoms with van der Waals surface area (Å²) in [4.78, 5) is 21.2. The van der Waals surface area contributed by atoms with E-state index in [1.54, 1.807) is 12.0 Å². The Kier molecular flexibility index (Phi) is 12.4. The molecule has 1 heterocycles. The first-order valence-electron chi connectivity index (χ1n) is 11.0. The molecule has 1 aliphatic carbocycles. The molecule has 7 nitrogen and oxygen atoms in total. The molecule has 1 saturated heterocycles. The number of nitrogens with one attached hydrogen (secondary N) is 2. The summed E-state index contributed by atoms with van der Waals surface area (Å²) in [5, 5.41) is 6.84. The molecule has 2 aliphatic rings. The minimum absolute atomic E-state index is 0. The minimum atomic E-state index is 0. The van der Waals surface area contributed by atoms with Crippen molar-refractivity contribution < 1.29 is 9.53 Å². The second-order valence-corrected chi connectivity index (χ2v) is 8.50. The molecule has 0 aromatic carbocycles. The zero-order valence-electron chi connectivity index (χ0n) is 18.8. The molecule has 1 saturated carbocycles. The lowest BCUT2D eigenvalue weighted by Gasteiger charge is -2.40. The number of carbonyl (C=O) groups is 1. The molecule has 0 aromatic rings. The average molecular weight is 524 g/mol. The van der Waals surface area contributed by atoms with Gasteiger partial charge in [-0.05, 0) is 57.4 Å². The number of methoxy groups -OCH3 is 1. The second kappa shape index (κ2) is 13.6. The number of rotatable bonds is 11. The number of hydrogen-bond donors (Lipinski definition) is 2. The van der Waals surface area contributed by atoms with Crippen LogP contribution >= 0.6 is 24.0 Å².